The molecule has 0 aliphatic carbocycles. The predicted octanol–water partition coefficient (Wildman–Crippen LogP) is 3.39. The number of nitrogens with one attached hydrogen (secondary N) is 2. The number of imidazole rings is 1. The van der Waals surface area contributed by atoms with Crippen LogP contribution in [0.15, 0.2) is 30.6 Å². The second kappa shape index (κ2) is 5.83. The number of nitrogens with zero attached hydrogens (tertiary/aromatic N) is 1. The Morgan fingerprint density at radius 1 is 1.48 bits per heavy atom. The van der Waals surface area contributed by atoms with Crippen molar-refractivity contribution in [3.05, 3.63) is 52.1 Å². The van der Waals surface area contributed by atoms with Gasteiger partial charge in [0.2, 0.25) is 0 Å². The topological polar surface area (TPSA) is 57.8 Å². The van der Waals surface area contributed by atoms with Gasteiger partial charge in [-0.15, -0.1) is 11.3 Å². The summed E-state index contributed by atoms with van der Waals surface area (Å²) in [7, 11) is 0. The molecule has 4 nitrogen and oxygen atoms in total. The van der Waals surface area contributed by atoms with Crippen molar-refractivity contribution < 1.29 is 9.18 Å². The third kappa shape index (κ3) is 2.91. The van der Waals surface area contributed by atoms with E-state index in [-0.39, 0.29) is 11.7 Å². The van der Waals surface area contributed by atoms with Gasteiger partial charge in [-0.05, 0) is 18.2 Å². The molecule has 1 amide bonds. The molecule has 0 atom stereocenters. The lowest BCUT2D eigenvalue weighted by Crippen LogP contribution is -2.25. The van der Waals surface area contributed by atoms with Crippen molar-refractivity contribution >= 4 is 38.9 Å². The van der Waals surface area contributed by atoms with Crippen molar-refractivity contribution in [3.8, 4) is 0 Å². The summed E-state index contributed by atoms with van der Waals surface area (Å²) in [4.78, 5) is 19.6. The van der Waals surface area contributed by atoms with Crippen LogP contribution in [0.5, 0.6) is 0 Å². The fourth-order valence-electron chi connectivity index (χ4n) is 1.99. The average Bonchev–Trinajstić information content (AvgIpc) is 3.07. The number of H-pyrrole nitrogens is 1. The van der Waals surface area contributed by atoms with Gasteiger partial charge in [0.25, 0.3) is 5.91 Å². The van der Waals surface area contributed by atoms with Crippen molar-refractivity contribution in [2.75, 3.05) is 6.54 Å². The minimum atomic E-state index is -0.342. The van der Waals surface area contributed by atoms with Crippen LogP contribution in [0.25, 0.3) is 10.1 Å². The molecule has 0 unspecified atom stereocenters. The predicted molar refractivity (Wildman–Crippen MR) is 81.4 cm³/mol. The van der Waals surface area contributed by atoms with Gasteiger partial charge < -0.3 is 10.3 Å². The molecular weight excluding hydrogens is 313 g/mol. The Hall–Kier alpha value is -1.92. The fraction of sp³-hybridized carbons (Fsp3) is 0.143. The lowest BCUT2D eigenvalue weighted by molar-refractivity contribution is 0.0958. The van der Waals surface area contributed by atoms with E-state index in [0.29, 0.717) is 33.0 Å². The zero-order valence-corrected chi connectivity index (χ0v) is 12.4. The molecule has 1 aromatic carbocycles. The first-order valence-electron chi connectivity index (χ1n) is 6.29. The minimum absolute atomic E-state index is 0.256. The van der Waals surface area contributed by atoms with E-state index < -0.39 is 0 Å². The molecule has 0 radical (unpaired) electrons. The number of carbonyl (C=O) groups excluding carboxylic acids is 1. The number of thiophene rings is 1. The third-order valence-corrected chi connectivity index (χ3v) is 4.66. The highest BCUT2D eigenvalue weighted by molar-refractivity contribution is 7.21. The van der Waals surface area contributed by atoms with E-state index in [0.717, 1.165) is 5.82 Å². The molecule has 0 aliphatic heterocycles. The van der Waals surface area contributed by atoms with E-state index in [2.05, 4.69) is 15.3 Å². The van der Waals surface area contributed by atoms with Gasteiger partial charge in [-0.1, -0.05) is 11.6 Å². The fourth-order valence-corrected chi connectivity index (χ4v) is 3.45. The van der Waals surface area contributed by atoms with Crippen LogP contribution in [-0.2, 0) is 6.42 Å². The molecule has 0 spiro atoms. The SMILES string of the molecule is O=C(NCCc1ncc[nH]1)c1sc2cc(F)ccc2c1Cl. The van der Waals surface area contributed by atoms with E-state index in [1.54, 1.807) is 18.5 Å². The second-order valence-corrected chi connectivity index (χ2v) is 5.86. The number of carbonyl (C=O) groups is 1. The number of amides is 1. The van der Waals surface area contributed by atoms with Crippen molar-refractivity contribution in [3.63, 3.8) is 0 Å². The Labute approximate surface area is 129 Å². The maximum atomic E-state index is 13.2. The van der Waals surface area contributed by atoms with Crippen LogP contribution < -0.4 is 5.32 Å². The first-order chi connectivity index (χ1) is 10.1. The molecule has 0 aliphatic rings. The van der Waals surface area contributed by atoms with Crippen LogP contribution in [0.4, 0.5) is 4.39 Å². The number of aromatic amines is 1. The summed E-state index contributed by atoms with van der Waals surface area (Å²) in [6.45, 7) is 0.450. The van der Waals surface area contributed by atoms with Crippen molar-refractivity contribution in [2.45, 2.75) is 6.42 Å². The van der Waals surface area contributed by atoms with Gasteiger partial charge in [0.15, 0.2) is 0 Å². The van der Waals surface area contributed by atoms with E-state index in [4.69, 9.17) is 11.6 Å². The molecule has 21 heavy (non-hydrogen) atoms. The Bertz CT molecular complexity index is 785. The Balaban J connectivity index is 1.73. The summed E-state index contributed by atoms with van der Waals surface area (Å²) in [5.41, 5.74) is 0. The summed E-state index contributed by atoms with van der Waals surface area (Å²) in [5, 5.41) is 3.85. The summed E-state index contributed by atoms with van der Waals surface area (Å²) < 4.78 is 13.9. The van der Waals surface area contributed by atoms with Gasteiger partial charge in [-0.3, -0.25) is 4.79 Å². The molecule has 7 heteroatoms. The van der Waals surface area contributed by atoms with Gasteiger partial charge in [-0.25, -0.2) is 9.37 Å². The maximum Gasteiger partial charge on any atom is 0.262 e. The molecule has 2 heterocycles. The van der Waals surface area contributed by atoms with Crippen LogP contribution in [0.2, 0.25) is 5.02 Å². The zero-order valence-electron chi connectivity index (χ0n) is 10.8. The van der Waals surface area contributed by atoms with E-state index in [1.807, 2.05) is 0 Å². The third-order valence-electron chi connectivity index (χ3n) is 3.00. The summed E-state index contributed by atoms with van der Waals surface area (Å²) in [6.07, 6.45) is 4.00. The number of aromatic nitrogens is 2. The lowest BCUT2D eigenvalue weighted by Gasteiger charge is -2.02. The van der Waals surface area contributed by atoms with Crippen LogP contribution in [-0.4, -0.2) is 22.4 Å². The summed E-state index contributed by atoms with van der Waals surface area (Å²) >= 11 is 7.38. The number of hydrogen-bond acceptors (Lipinski definition) is 3. The highest BCUT2D eigenvalue weighted by Gasteiger charge is 2.17. The van der Waals surface area contributed by atoms with Crippen LogP contribution >= 0.6 is 22.9 Å². The molecule has 0 fully saturated rings. The average molecular weight is 324 g/mol. The Kier molecular flexibility index (Phi) is 3.90. The van der Waals surface area contributed by atoms with Gasteiger partial charge in [0.05, 0.1) is 5.02 Å². The molecular formula is C14H11ClFN3OS. The molecule has 3 rings (SSSR count). The summed E-state index contributed by atoms with van der Waals surface area (Å²) in [6, 6.07) is 4.30. The van der Waals surface area contributed by atoms with Gasteiger partial charge >= 0.3 is 0 Å². The minimum Gasteiger partial charge on any atom is -0.351 e. The second-order valence-electron chi connectivity index (χ2n) is 4.43. The largest absolute Gasteiger partial charge is 0.351 e. The van der Waals surface area contributed by atoms with Gasteiger partial charge in [-0.2, -0.15) is 0 Å². The Morgan fingerprint density at radius 3 is 3.10 bits per heavy atom. The lowest BCUT2D eigenvalue weighted by atomic mass is 10.2. The number of halogens is 2. The highest BCUT2D eigenvalue weighted by atomic mass is 35.5. The smallest absolute Gasteiger partial charge is 0.262 e. The number of hydrogen-bond donors (Lipinski definition) is 2. The first-order valence-corrected chi connectivity index (χ1v) is 7.48. The molecule has 2 N–H and O–H groups in total. The van der Waals surface area contributed by atoms with Crippen molar-refractivity contribution in [2.24, 2.45) is 0 Å². The Morgan fingerprint density at radius 2 is 2.33 bits per heavy atom. The van der Waals surface area contributed by atoms with E-state index in [1.165, 1.54) is 23.5 Å². The number of fused-ring (bicyclic) bond motifs is 1. The van der Waals surface area contributed by atoms with Crippen LogP contribution in [0, 0.1) is 5.82 Å². The van der Waals surface area contributed by atoms with E-state index in [9.17, 15) is 9.18 Å². The highest BCUT2D eigenvalue weighted by Crippen LogP contribution is 2.35. The van der Waals surface area contributed by atoms with E-state index >= 15 is 0 Å². The summed E-state index contributed by atoms with van der Waals surface area (Å²) in [5.74, 6) is 0.207. The molecule has 0 saturated heterocycles. The van der Waals surface area contributed by atoms with Crippen LogP contribution in [0.1, 0.15) is 15.5 Å². The quantitative estimate of drug-likeness (QED) is 0.773. The standard InChI is InChI=1S/C14H11ClFN3OS/c15-12-9-2-1-8(16)7-10(9)21-13(12)14(20)19-4-3-11-17-5-6-18-11/h1-2,5-7H,3-4H2,(H,17,18)(H,19,20). The van der Waals surface area contributed by atoms with Crippen molar-refractivity contribution in [1.29, 1.82) is 0 Å². The monoisotopic (exact) mass is 323 g/mol. The molecule has 0 saturated carbocycles. The van der Waals surface area contributed by atoms with Crippen LogP contribution in [0.3, 0.4) is 0 Å². The molecule has 0 bridgehead atoms. The van der Waals surface area contributed by atoms with Gasteiger partial charge in [0, 0.05) is 35.4 Å². The van der Waals surface area contributed by atoms with Gasteiger partial charge in [0.1, 0.15) is 16.5 Å². The first kappa shape index (κ1) is 14.0. The normalized spacial score (nSPS) is 11.0. The number of benzene rings is 1. The van der Waals surface area contributed by atoms with Crippen molar-refractivity contribution in [1.82, 2.24) is 15.3 Å². The molecule has 108 valence electrons. The number of rotatable bonds is 4. The molecule has 2 aromatic heterocycles. The molecule has 3 aromatic rings. The maximum absolute atomic E-state index is 13.2. The zero-order chi connectivity index (χ0) is 14.8.